The molecule has 2 aliphatic heterocycles. The predicted molar refractivity (Wildman–Crippen MR) is 129 cm³/mol. The average Bonchev–Trinajstić information content (AvgIpc) is 3.37. The molecule has 1 aromatic heterocycles. The maximum Gasteiger partial charge on any atom is 0.227 e. The molecule has 0 bridgehead atoms. The summed E-state index contributed by atoms with van der Waals surface area (Å²) in [5, 5.41) is 0.669. The second-order valence-electron chi connectivity index (χ2n) is 8.57. The number of halogens is 3. The highest BCUT2D eigenvalue weighted by atomic mass is 35.5. The number of aromatic nitrogens is 2. The van der Waals surface area contributed by atoms with Gasteiger partial charge in [0, 0.05) is 43.7 Å². The molecule has 5 rings (SSSR count). The number of rotatable bonds is 4. The van der Waals surface area contributed by atoms with Crippen molar-refractivity contribution in [2.45, 2.75) is 32.4 Å². The molecule has 7 nitrogen and oxygen atoms in total. The minimum atomic E-state index is -0.570. The van der Waals surface area contributed by atoms with Gasteiger partial charge >= 0.3 is 0 Å². The van der Waals surface area contributed by atoms with Crippen molar-refractivity contribution in [1.82, 2.24) is 14.5 Å². The first-order chi connectivity index (χ1) is 16.3. The van der Waals surface area contributed by atoms with E-state index in [2.05, 4.69) is 4.98 Å². The molecular formula is C24H23Cl2FN4O3. The van der Waals surface area contributed by atoms with Gasteiger partial charge in [0.1, 0.15) is 11.6 Å². The summed E-state index contributed by atoms with van der Waals surface area (Å²) < 4.78 is 23.3. The van der Waals surface area contributed by atoms with Crippen molar-refractivity contribution in [3.63, 3.8) is 0 Å². The van der Waals surface area contributed by atoms with Crippen LogP contribution in [-0.2, 0) is 20.9 Å². The maximum absolute atomic E-state index is 15.5. The lowest BCUT2D eigenvalue weighted by Crippen LogP contribution is -2.46. The quantitative estimate of drug-likeness (QED) is 0.523. The number of ether oxygens (including phenoxy) is 1. The number of amides is 2. The number of anilines is 1. The van der Waals surface area contributed by atoms with E-state index in [0.29, 0.717) is 61.3 Å². The van der Waals surface area contributed by atoms with Gasteiger partial charge in [-0.3, -0.25) is 9.59 Å². The summed E-state index contributed by atoms with van der Waals surface area (Å²) in [4.78, 5) is 32.0. The molecule has 10 heteroatoms. The van der Waals surface area contributed by atoms with E-state index in [0.717, 1.165) is 11.9 Å². The largest absolute Gasteiger partial charge is 0.373 e. The number of hydrogen-bond donors (Lipinski definition) is 0. The molecule has 0 N–H and O–H groups in total. The molecule has 0 unspecified atom stereocenters. The molecule has 3 heterocycles. The molecule has 2 aromatic carbocycles. The number of carbonyl (C=O) groups is 2. The number of morpholine rings is 1. The zero-order valence-corrected chi connectivity index (χ0v) is 20.1. The van der Waals surface area contributed by atoms with Gasteiger partial charge < -0.3 is 19.1 Å². The zero-order valence-electron chi connectivity index (χ0n) is 18.6. The molecule has 2 saturated heterocycles. The lowest BCUT2D eigenvalue weighted by Gasteiger charge is -2.32. The summed E-state index contributed by atoms with van der Waals surface area (Å²) >= 11 is 12.8. The predicted octanol–water partition coefficient (Wildman–Crippen LogP) is 4.52. The van der Waals surface area contributed by atoms with Crippen LogP contribution in [0.5, 0.6) is 0 Å². The summed E-state index contributed by atoms with van der Waals surface area (Å²) in [6, 6.07) is 8.21. The highest BCUT2D eigenvalue weighted by Crippen LogP contribution is 2.37. The van der Waals surface area contributed by atoms with Crippen molar-refractivity contribution >= 4 is 51.7 Å². The van der Waals surface area contributed by atoms with Crippen LogP contribution in [0.15, 0.2) is 30.3 Å². The Bertz CT molecular complexity index is 1270. The van der Waals surface area contributed by atoms with Gasteiger partial charge in [0.15, 0.2) is 0 Å². The fraction of sp³-hybridized carbons (Fsp3) is 0.375. The highest BCUT2D eigenvalue weighted by molar-refractivity contribution is 6.33. The average molecular weight is 505 g/mol. The van der Waals surface area contributed by atoms with E-state index in [-0.39, 0.29) is 28.5 Å². The van der Waals surface area contributed by atoms with Crippen molar-refractivity contribution in [3.05, 3.63) is 46.2 Å². The number of hydrogen-bond acceptors (Lipinski definition) is 4. The third-order valence-electron chi connectivity index (χ3n) is 6.32. The summed E-state index contributed by atoms with van der Waals surface area (Å²) in [6.07, 6.45) is 0.874. The Balaban J connectivity index is 1.58. The van der Waals surface area contributed by atoms with Gasteiger partial charge in [0.05, 0.1) is 40.9 Å². The third kappa shape index (κ3) is 4.26. The Kier molecular flexibility index (Phi) is 6.22. The molecule has 34 heavy (non-hydrogen) atoms. The van der Waals surface area contributed by atoms with Gasteiger partial charge in [-0.05, 0) is 36.8 Å². The number of fused-ring (bicyclic) bond motifs is 1. The van der Waals surface area contributed by atoms with Gasteiger partial charge in [0.25, 0.3) is 0 Å². The highest BCUT2D eigenvalue weighted by Gasteiger charge is 2.28. The fourth-order valence-electron chi connectivity index (χ4n) is 4.65. The van der Waals surface area contributed by atoms with Gasteiger partial charge in [-0.15, -0.1) is 0 Å². The molecule has 0 radical (unpaired) electrons. The van der Waals surface area contributed by atoms with Crippen LogP contribution in [0.25, 0.3) is 22.4 Å². The van der Waals surface area contributed by atoms with Gasteiger partial charge in [-0.1, -0.05) is 23.2 Å². The lowest BCUT2D eigenvalue weighted by molar-refractivity contribution is -0.136. The van der Waals surface area contributed by atoms with Crippen LogP contribution in [0.4, 0.5) is 10.1 Å². The Morgan fingerprint density at radius 3 is 2.76 bits per heavy atom. The van der Waals surface area contributed by atoms with E-state index in [1.807, 2.05) is 10.6 Å². The van der Waals surface area contributed by atoms with Crippen molar-refractivity contribution < 1.29 is 18.7 Å². The smallest absolute Gasteiger partial charge is 0.227 e. The molecule has 1 atom stereocenters. The molecule has 2 amide bonds. The van der Waals surface area contributed by atoms with Crippen molar-refractivity contribution in [2.75, 3.05) is 31.1 Å². The van der Waals surface area contributed by atoms with Crippen molar-refractivity contribution in [1.29, 1.82) is 0 Å². The van der Waals surface area contributed by atoms with E-state index in [1.54, 1.807) is 28.0 Å². The standard InChI is InChI=1S/C24H23Cl2FN4O3/c1-14(32)29-7-8-34-17(12-29)13-31-21-5-4-15(25)9-20(21)28-24(31)23-18(26)10-16(11-19(23)27)30-6-2-3-22(30)33/h4-5,9-11,17H,2-3,6-8,12-13H2,1H3/t17-/m1/s1. The van der Waals surface area contributed by atoms with Crippen LogP contribution in [0.3, 0.4) is 0 Å². The number of carbonyl (C=O) groups excluding carboxylic acids is 2. The first-order valence-electron chi connectivity index (χ1n) is 11.1. The van der Waals surface area contributed by atoms with E-state index in [9.17, 15) is 9.59 Å². The molecular weight excluding hydrogens is 482 g/mol. The minimum absolute atomic E-state index is 0.0167. The summed E-state index contributed by atoms with van der Waals surface area (Å²) in [6.45, 7) is 3.80. The summed E-state index contributed by atoms with van der Waals surface area (Å²) in [5.41, 5.74) is 1.92. The topological polar surface area (TPSA) is 67.7 Å². The first kappa shape index (κ1) is 23.1. The summed E-state index contributed by atoms with van der Waals surface area (Å²) in [7, 11) is 0. The zero-order chi connectivity index (χ0) is 24.0. The van der Waals surface area contributed by atoms with E-state index >= 15 is 4.39 Å². The number of imidazole rings is 1. The van der Waals surface area contributed by atoms with Gasteiger partial charge in [0.2, 0.25) is 11.8 Å². The molecule has 3 aromatic rings. The van der Waals surface area contributed by atoms with Crippen LogP contribution in [0.1, 0.15) is 19.8 Å². The Hall–Kier alpha value is -2.68. The van der Waals surface area contributed by atoms with Crippen LogP contribution in [0.2, 0.25) is 10.0 Å². The van der Waals surface area contributed by atoms with Crippen LogP contribution in [-0.4, -0.2) is 58.6 Å². The Morgan fingerprint density at radius 2 is 2.06 bits per heavy atom. The van der Waals surface area contributed by atoms with E-state index in [1.165, 1.54) is 13.0 Å². The second kappa shape index (κ2) is 9.17. The Morgan fingerprint density at radius 1 is 1.24 bits per heavy atom. The van der Waals surface area contributed by atoms with Gasteiger partial charge in [-0.2, -0.15) is 0 Å². The molecule has 2 fully saturated rings. The van der Waals surface area contributed by atoms with Crippen LogP contribution < -0.4 is 4.90 Å². The fourth-order valence-corrected chi connectivity index (χ4v) is 5.10. The number of nitrogens with zero attached hydrogens (tertiary/aromatic N) is 4. The normalized spacial score (nSPS) is 18.8. The molecule has 0 saturated carbocycles. The third-order valence-corrected chi connectivity index (χ3v) is 6.85. The lowest BCUT2D eigenvalue weighted by atomic mass is 10.1. The van der Waals surface area contributed by atoms with Gasteiger partial charge in [-0.25, -0.2) is 9.37 Å². The van der Waals surface area contributed by atoms with E-state index in [4.69, 9.17) is 27.9 Å². The van der Waals surface area contributed by atoms with Crippen LogP contribution >= 0.6 is 23.2 Å². The summed E-state index contributed by atoms with van der Waals surface area (Å²) in [5.74, 6) is -0.297. The second-order valence-corrected chi connectivity index (χ2v) is 9.41. The molecule has 0 aliphatic carbocycles. The minimum Gasteiger partial charge on any atom is -0.373 e. The van der Waals surface area contributed by atoms with E-state index < -0.39 is 5.82 Å². The van der Waals surface area contributed by atoms with Crippen molar-refractivity contribution in [3.8, 4) is 11.4 Å². The van der Waals surface area contributed by atoms with Crippen LogP contribution in [0, 0.1) is 5.82 Å². The van der Waals surface area contributed by atoms with Crippen molar-refractivity contribution in [2.24, 2.45) is 0 Å². The molecule has 2 aliphatic rings. The molecule has 178 valence electrons. The Labute approximate surface area is 206 Å². The number of benzene rings is 2. The first-order valence-corrected chi connectivity index (χ1v) is 11.9. The SMILES string of the molecule is CC(=O)N1CCO[C@@H](Cn2c(-c3c(F)cc(N4CCCC4=O)cc3Cl)nc3cc(Cl)ccc32)C1. The molecule has 0 spiro atoms. The monoisotopic (exact) mass is 504 g/mol. The maximum atomic E-state index is 15.5.